The summed E-state index contributed by atoms with van der Waals surface area (Å²) < 4.78 is 0. The van der Waals surface area contributed by atoms with E-state index in [1.807, 2.05) is 14.7 Å². The van der Waals surface area contributed by atoms with Gasteiger partial charge in [-0.3, -0.25) is 19.2 Å². The molecule has 152 valence electrons. The zero-order chi connectivity index (χ0) is 20.6. The van der Waals surface area contributed by atoms with Gasteiger partial charge in [-0.15, -0.1) is 0 Å². The van der Waals surface area contributed by atoms with Gasteiger partial charge in [0.05, 0.1) is 11.1 Å². The molecule has 0 unspecified atom stereocenters. The van der Waals surface area contributed by atoms with E-state index in [0.717, 1.165) is 39.3 Å². The predicted molar refractivity (Wildman–Crippen MR) is 98.1 cm³/mol. The van der Waals surface area contributed by atoms with E-state index in [1.165, 1.54) is 19.9 Å². The monoisotopic (exact) mass is 391 g/mol. The van der Waals surface area contributed by atoms with Crippen molar-refractivity contribution < 1.29 is 29.4 Å². The van der Waals surface area contributed by atoms with Crippen molar-refractivity contribution in [1.29, 1.82) is 0 Å². The Hall–Kier alpha value is -2.84. The predicted octanol–water partition coefficient (Wildman–Crippen LogP) is 0.143. The maximum atomic E-state index is 12.4. The second-order valence-electron chi connectivity index (χ2n) is 7.96. The Kier molecular flexibility index (Phi) is 5.18. The highest BCUT2D eigenvalue weighted by atomic mass is 16.4. The molecule has 2 N–H and O–H groups in total. The maximum Gasteiger partial charge on any atom is 0.309 e. The van der Waals surface area contributed by atoms with Crippen molar-refractivity contribution in [2.45, 2.75) is 26.7 Å². The minimum absolute atomic E-state index is 0.00546. The van der Waals surface area contributed by atoms with Crippen molar-refractivity contribution in [3.63, 3.8) is 0 Å². The first-order valence-electron chi connectivity index (χ1n) is 9.37. The number of carbonyl (C=O) groups is 4. The lowest BCUT2D eigenvalue weighted by atomic mass is 9.88. The van der Waals surface area contributed by atoms with Crippen molar-refractivity contribution in [1.82, 2.24) is 14.7 Å². The Morgan fingerprint density at radius 3 is 1.86 bits per heavy atom. The number of rotatable bonds is 7. The highest BCUT2D eigenvalue weighted by Gasteiger charge is 2.43. The number of ketones is 2. The van der Waals surface area contributed by atoms with Gasteiger partial charge in [-0.25, -0.2) is 0 Å². The first kappa shape index (κ1) is 19.9. The van der Waals surface area contributed by atoms with E-state index in [2.05, 4.69) is 0 Å². The number of aliphatic carboxylic acids is 2. The number of carboxylic acid groups (broad SMARTS) is 2. The van der Waals surface area contributed by atoms with Crippen molar-refractivity contribution in [3.8, 4) is 0 Å². The zero-order valence-corrected chi connectivity index (χ0v) is 16.1. The van der Waals surface area contributed by atoms with Gasteiger partial charge in [0.1, 0.15) is 11.4 Å². The minimum Gasteiger partial charge on any atom is -0.481 e. The van der Waals surface area contributed by atoms with Crippen LogP contribution in [0.4, 0.5) is 0 Å². The maximum absolute atomic E-state index is 12.4. The van der Waals surface area contributed by atoms with Gasteiger partial charge in [0.2, 0.25) is 11.6 Å². The molecule has 0 amide bonds. The van der Waals surface area contributed by atoms with Crippen LogP contribution < -0.4 is 0 Å². The normalized spacial score (nSPS) is 20.5. The van der Waals surface area contributed by atoms with Crippen molar-refractivity contribution in [2.24, 2.45) is 5.41 Å². The molecule has 0 aromatic carbocycles. The van der Waals surface area contributed by atoms with Crippen molar-refractivity contribution in [2.75, 3.05) is 39.3 Å². The van der Waals surface area contributed by atoms with Crippen molar-refractivity contribution >= 4 is 23.5 Å². The van der Waals surface area contributed by atoms with E-state index in [0.29, 0.717) is 17.1 Å². The summed E-state index contributed by atoms with van der Waals surface area (Å²) in [6, 6.07) is 0. The Bertz CT molecular complexity index is 785. The molecule has 3 aliphatic heterocycles. The van der Waals surface area contributed by atoms with Gasteiger partial charge in [0, 0.05) is 51.8 Å². The van der Waals surface area contributed by atoms with Crippen molar-refractivity contribution in [3.05, 3.63) is 23.2 Å². The summed E-state index contributed by atoms with van der Waals surface area (Å²) in [5, 5.41) is 16.8. The summed E-state index contributed by atoms with van der Waals surface area (Å²) >= 11 is 0. The highest BCUT2D eigenvalue weighted by molar-refractivity contribution is 6.22. The third-order valence-electron chi connectivity index (χ3n) is 5.03. The topological polar surface area (TPSA) is 118 Å². The van der Waals surface area contributed by atoms with E-state index < -0.39 is 17.4 Å². The van der Waals surface area contributed by atoms with Gasteiger partial charge in [0.25, 0.3) is 0 Å². The summed E-state index contributed by atoms with van der Waals surface area (Å²) in [6.45, 7) is 8.43. The third-order valence-corrected chi connectivity index (χ3v) is 5.03. The molecule has 0 radical (unpaired) electrons. The van der Waals surface area contributed by atoms with E-state index in [-0.39, 0.29) is 24.4 Å². The number of hydrogen-bond acceptors (Lipinski definition) is 7. The molecule has 4 rings (SSSR count). The fourth-order valence-corrected chi connectivity index (χ4v) is 2.80. The van der Waals surface area contributed by atoms with Gasteiger partial charge < -0.3 is 24.9 Å². The zero-order valence-electron chi connectivity index (χ0n) is 16.1. The smallest absolute Gasteiger partial charge is 0.309 e. The van der Waals surface area contributed by atoms with Gasteiger partial charge in [-0.1, -0.05) is 0 Å². The lowest BCUT2D eigenvalue weighted by Gasteiger charge is -2.21. The number of nitrogens with zero attached hydrogens (tertiary/aromatic N) is 3. The van der Waals surface area contributed by atoms with Crippen LogP contribution in [0.25, 0.3) is 0 Å². The first-order chi connectivity index (χ1) is 13.1. The molecule has 0 atom stereocenters. The molecular formula is C19H25N3O6. The lowest BCUT2D eigenvalue weighted by molar-refractivity contribution is -0.148. The molecule has 28 heavy (non-hydrogen) atoms. The molecule has 0 bridgehead atoms. The van der Waals surface area contributed by atoms with Gasteiger partial charge in [0.15, 0.2) is 0 Å². The standard InChI is InChI=1S/C12H13N3O2.C7H12O4/c16-9-7-8(13-1-2-13)12(17)11(15-5-6-15)10(9)14-3-4-14;1-7(2,6(10)11)4-3-5(8)9/h7H,1-6H2;3-4H2,1-2H3,(H,8,9)(H,10,11). The lowest BCUT2D eigenvalue weighted by Crippen LogP contribution is -2.29. The van der Waals surface area contributed by atoms with Crippen LogP contribution in [0.2, 0.25) is 0 Å². The Labute approximate surface area is 162 Å². The van der Waals surface area contributed by atoms with Crippen LogP contribution in [0.5, 0.6) is 0 Å². The molecule has 9 heteroatoms. The fourth-order valence-electron chi connectivity index (χ4n) is 2.80. The molecule has 3 heterocycles. The molecule has 3 fully saturated rings. The second kappa shape index (κ2) is 7.29. The van der Waals surface area contributed by atoms with Crippen LogP contribution in [-0.4, -0.2) is 87.7 Å². The Balaban J connectivity index is 0.000000180. The molecule has 3 saturated heterocycles. The van der Waals surface area contributed by atoms with Crippen LogP contribution in [0, 0.1) is 5.41 Å². The summed E-state index contributed by atoms with van der Waals surface area (Å²) in [7, 11) is 0. The number of carboxylic acids is 2. The molecule has 1 aliphatic carbocycles. The summed E-state index contributed by atoms with van der Waals surface area (Å²) in [5.74, 6) is -1.87. The molecule has 0 saturated carbocycles. The summed E-state index contributed by atoms with van der Waals surface area (Å²) in [5.41, 5.74) is 0.954. The average molecular weight is 391 g/mol. The SMILES string of the molecule is CC(C)(CCC(=O)O)C(=O)O.O=C1C=C(N2CC2)C(=O)C(N2CC2)=C1N1CC1. The Morgan fingerprint density at radius 1 is 0.929 bits per heavy atom. The van der Waals surface area contributed by atoms with Crippen LogP contribution >= 0.6 is 0 Å². The number of allylic oxidation sites excluding steroid dienone is 1. The summed E-state index contributed by atoms with van der Waals surface area (Å²) in [6.07, 6.45) is 1.59. The highest BCUT2D eigenvalue weighted by Crippen LogP contribution is 2.33. The van der Waals surface area contributed by atoms with E-state index in [4.69, 9.17) is 10.2 Å². The quantitative estimate of drug-likeness (QED) is 0.461. The van der Waals surface area contributed by atoms with E-state index in [1.54, 1.807) is 0 Å². The van der Waals surface area contributed by atoms with E-state index in [9.17, 15) is 19.2 Å². The summed E-state index contributed by atoms with van der Waals surface area (Å²) in [4.78, 5) is 51.0. The second-order valence-corrected chi connectivity index (χ2v) is 7.96. The van der Waals surface area contributed by atoms with Crippen LogP contribution in [0.15, 0.2) is 23.2 Å². The largest absolute Gasteiger partial charge is 0.481 e. The van der Waals surface area contributed by atoms with Crippen LogP contribution in [0.1, 0.15) is 26.7 Å². The average Bonchev–Trinajstić information content (AvgIpc) is 3.48. The first-order valence-corrected chi connectivity index (χ1v) is 9.37. The van der Waals surface area contributed by atoms with Gasteiger partial charge in [-0.2, -0.15) is 0 Å². The molecular weight excluding hydrogens is 366 g/mol. The number of hydrogen-bond donors (Lipinski definition) is 2. The minimum atomic E-state index is -0.959. The molecule has 0 spiro atoms. The fraction of sp³-hybridized carbons (Fsp3) is 0.579. The third kappa shape index (κ3) is 4.52. The molecule has 4 aliphatic rings. The Morgan fingerprint density at radius 2 is 1.43 bits per heavy atom. The van der Waals surface area contributed by atoms with E-state index >= 15 is 0 Å². The van der Waals surface area contributed by atoms with Gasteiger partial charge in [-0.05, 0) is 20.3 Å². The van der Waals surface area contributed by atoms with Crippen LogP contribution in [0.3, 0.4) is 0 Å². The molecule has 0 aromatic rings. The molecule has 9 nitrogen and oxygen atoms in total. The number of Topliss-reactive ketones (excluding diaryl/α,β-unsaturated/α-hetero) is 1. The number of carbonyl (C=O) groups excluding carboxylic acids is 2. The van der Waals surface area contributed by atoms with Gasteiger partial charge >= 0.3 is 11.9 Å². The molecule has 0 aromatic heterocycles. The van der Waals surface area contributed by atoms with Crippen LogP contribution in [-0.2, 0) is 19.2 Å².